The average molecular weight is 335 g/mol. The topological polar surface area (TPSA) is 55.4 Å². The molecule has 1 N–H and O–H groups in total. The van der Waals surface area contributed by atoms with Crippen molar-refractivity contribution in [2.75, 3.05) is 11.9 Å². The lowest BCUT2D eigenvalue weighted by Gasteiger charge is -2.21. The second-order valence-electron chi connectivity index (χ2n) is 6.48. The van der Waals surface area contributed by atoms with E-state index in [1.807, 2.05) is 24.3 Å². The molecule has 0 spiro atoms. The highest BCUT2D eigenvalue weighted by molar-refractivity contribution is 7.84. The van der Waals surface area contributed by atoms with Gasteiger partial charge in [0.15, 0.2) is 0 Å². The highest BCUT2D eigenvalue weighted by Gasteiger charge is 2.24. The van der Waals surface area contributed by atoms with Gasteiger partial charge < -0.3 is 10.1 Å². The Labute approximate surface area is 140 Å². The molecule has 1 aromatic rings. The third-order valence-corrected chi connectivity index (χ3v) is 6.48. The van der Waals surface area contributed by atoms with Crippen molar-refractivity contribution in [3.05, 3.63) is 29.8 Å². The number of rotatable bonds is 5. The van der Waals surface area contributed by atoms with Crippen molar-refractivity contribution >= 4 is 22.4 Å². The number of ether oxygens (including phenoxy) is 1. The molecule has 0 unspecified atom stereocenters. The first kappa shape index (κ1) is 16.7. The van der Waals surface area contributed by atoms with E-state index in [2.05, 4.69) is 5.32 Å². The van der Waals surface area contributed by atoms with E-state index < -0.39 is 10.8 Å². The van der Waals surface area contributed by atoms with E-state index in [0.717, 1.165) is 36.9 Å². The Morgan fingerprint density at radius 3 is 2.74 bits per heavy atom. The van der Waals surface area contributed by atoms with Crippen LogP contribution in [0.15, 0.2) is 24.3 Å². The normalized spacial score (nSPS) is 23.6. The lowest BCUT2D eigenvalue weighted by atomic mass is 10.0. The predicted octanol–water partition coefficient (Wildman–Crippen LogP) is 3.39. The molecule has 3 rings (SSSR count). The highest BCUT2D eigenvalue weighted by atomic mass is 32.2. The Kier molecular flexibility index (Phi) is 5.84. The van der Waals surface area contributed by atoms with Gasteiger partial charge in [0.1, 0.15) is 6.10 Å². The summed E-state index contributed by atoms with van der Waals surface area (Å²) >= 11 is 0. The molecule has 0 bridgehead atoms. The van der Waals surface area contributed by atoms with Crippen LogP contribution in [0, 0.1) is 0 Å². The summed E-state index contributed by atoms with van der Waals surface area (Å²) < 4.78 is 17.9. The molecule has 1 amide bonds. The van der Waals surface area contributed by atoms with Gasteiger partial charge in [0.05, 0.1) is 0 Å². The van der Waals surface area contributed by atoms with Crippen LogP contribution < -0.4 is 5.32 Å². The van der Waals surface area contributed by atoms with Crippen molar-refractivity contribution < 1.29 is 13.7 Å². The summed E-state index contributed by atoms with van der Waals surface area (Å²) in [7, 11) is -0.818. The molecule has 4 nitrogen and oxygen atoms in total. The molecular weight excluding hydrogens is 310 g/mol. The van der Waals surface area contributed by atoms with Crippen LogP contribution in [0.4, 0.5) is 5.69 Å². The van der Waals surface area contributed by atoms with E-state index in [9.17, 15) is 9.00 Å². The Morgan fingerprint density at radius 1 is 1.17 bits per heavy atom. The summed E-state index contributed by atoms with van der Waals surface area (Å²) in [6, 6.07) is 7.72. The fraction of sp³-hybridized carbons (Fsp3) is 0.611. The molecule has 2 atom stereocenters. The molecule has 1 saturated heterocycles. The number of hydrogen-bond acceptors (Lipinski definition) is 3. The quantitative estimate of drug-likeness (QED) is 0.897. The third-order valence-electron chi connectivity index (χ3n) is 4.65. The lowest BCUT2D eigenvalue weighted by molar-refractivity contribution is -0.124. The number of anilines is 1. The standard InChI is InChI=1S/C18H25NO3S/c20-18(17-10-5-11-22-17)19-15-7-4-6-14(12-15)13-23(21)16-8-2-1-3-9-16/h4,6-7,12,16-17H,1-3,5,8-11,13H2,(H,19,20)/t17-,23+/m0/s1. The lowest BCUT2D eigenvalue weighted by Crippen LogP contribution is -2.26. The van der Waals surface area contributed by atoms with Crippen molar-refractivity contribution in [2.45, 2.75) is 62.1 Å². The zero-order valence-corrected chi connectivity index (χ0v) is 14.3. The van der Waals surface area contributed by atoms with Gasteiger partial charge in [-0.15, -0.1) is 0 Å². The molecule has 1 aliphatic heterocycles. The minimum absolute atomic E-state index is 0.0759. The monoisotopic (exact) mass is 335 g/mol. The number of carbonyl (C=O) groups excluding carboxylic acids is 1. The van der Waals surface area contributed by atoms with Gasteiger partial charge in [0.2, 0.25) is 0 Å². The number of hydrogen-bond donors (Lipinski definition) is 1. The van der Waals surface area contributed by atoms with Crippen LogP contribution in [0.3, 0.4) is 0 Å². The van der Waals surface area contributed by atoms with Crippen LogP contribution in [-0.4, -0.2) is 28.1 Å². The van der Waals surface area contributed by atoms with Crippen LogP contribution in [0.5, 0.6) is 0 Å². The fourth-order valence-corrected chi connectivity index (χ4v) is 4.96. The van der Waals surface area contributed by atoms with Gasteiger partial charge in [-0.3, -0.25) is 9.00 Å². The van der Waals surface area contributed by atoms with E-state index >= 15 is 0 Å². The van der Waals surface area contributed by atoms with E-state index in [-0.39, 0.29) is 12.0 Å². The SMILES string of the molecule is O=C(Nc1cccc(C[S@@](=O)C2CCCCC2)c1)[C@@H]1CCCO1. The number of carbonyl (C=O) groups is 1. The van der Waals surface area contributed by atoms with Gasteiger partial charge in [0.25, 0.3) is 5.91 Å². The Morgan fingerprint density at radius 2 is 2.00 bits per heavy atom. The van der Waals surface area contributed by atoms with Gasteiger partial charge >= 0.3 is 0 Å². The molecule has 23 heavy (non-hydrogen) atoms. The summed E-state index contributed by atoms with van der Waals surface area (Å²) in [5, 5.41) is 3.26. The first-order chi connectivity index (χ1) is 11.2. The molecule has 2 aliphatic rings. The number of amides is 1. The van der Waals surface area contributed by atoms with Gasteiger partial charge in [-0.2, -0.15) is 0 Å². The smallest absolute Gasteiger partial charge is 0.253 e. The molecule has 126 valence electrons. The van der Waals surface area contributed by atoms with Crippen LogP contribution in [0.2, 0.25) is 0 Å². The van der Waals surface area contributed by atoms with Crippen molar-refractivity contribution in [1.29, 1.82) is 0 Å². The molecular formula is C18H25NO3S. The molecule has 0 aromatic heterocycles. The van der Waals surface area contributed by atoms with Crippen LogP contribution in [0.25, 0.3) is 0 Å². The highest BCUT2D eigenvalue weighted by Crippen LogP contribution is 2.24. The molecule has 1 aromatic carbocycles. The maximum Gasteiger partial charge on any atom is 0.253 e. The average Bonchev–Trinajstić information content (AvgIpc) is 3.10. The van der Waals surface area contributed by atoms with Crippen LogP contribution in [0.1, 0.15) is 50.5 Å². The molecule has 0 radical (unpaired) electrons. The van der Waals surface area contributed by atoms with Gasteiger partial charge in [-0.1, -0.05) is 31.4 Å². The molecule has 1 aliphatic carbocycles. The maximum absolute atomic E-state index is 12.5. The Bertz CT molecular complexity index is 563. The van der Waals surface area contributed by atoms with E-state index in [0.29, 0.717) is 17.6 Å². The molecule has 1 saturated carbocycles. The third kappa shape index (κ3) is 4.64. The largest absolute Gasteiger partial charge is 0.368 e. The summed E-state index contributed by atoms with van der Waals surface area (Å²) in [5.41, 5.74) is 1.79. The molecule has 5 heteroatoms. The van der Waals surface area contributed by atoms with E-state index in [4.69, 9.17) is 4.74 Å². The predicted molar refractivity (Wildman–Crippen MR) is 92.8 cm³/mol. The zero-order chi connectivity index (χ0) is 16.1. The zero-order valence-electron chi connectivity index (χ0n) is 13.5. The van der Waals surface area contributed by atoms with E-state index in [1.165, 1.54) is 19.3 Å². The summed E-state index contributed by atoms with van der Waals surface area (Å²) in [4.78, 5) is 12.1. The van der Waals surface area contributed by atoms with Crippen LogP contribution in [-0.2, 0) is 26.1 Å². The van der Waals surface area contributed by atoms with Crippen molar-refractivity contribution in [2.24, 2.45) is 0 Å². The fourth-order valence-electron chi connectivity index (χ4n) is 3.36. The first-order valence-corrected chi connectivity index (χ1v) is 9.99. The van der Waals surface area contributed by atoms with Crippen molar-refractivity contribution in [3.63, 3.8) is 0 Å². The van der Waals surface area contributed by atoms with Gasteiger partial charge in [0, 0.05) is 34.1 Å². The second kappa shape index (κ2) is 8.06. The minimum Gasteiger partial charge on any atom is -0.368 e. The summed E-state index contributed by atoms with van der Waals surface area (Å²) in [5.74, 6) is 0.502. The summed E-state index contributed by atoms with van der Waals surface area (Å²) in [6.07, 6.45) is 7.26. The minimum atomic E-state index is -0.818. The van der Waals surface area contributed by atoms with Gasteiger partial charge in [-0.25, -0.2) is 0 Å². The first-order valence-electron chi connectivity index (χ1n) is 8.61. The number of benzene rings is 1. The second-order valence-corrected chi connectivity index (χ2v) is 8.19. The Hall–Kier alpha value is -1.20. The van der Waals surface area contributed by atoms with Crippen LogP contribution >= 0.6 is 0 Å². The molecule has 2 fully saturated rings. The summed E-state index contributed by atoms with van der Waals surface area (Å²) in [6.45, 7) is 0.665. The van der Waals surface area contributed by atoms with Crippen molar-refractivity contribution in [3.8, 4) is 0 Å². The van der Waals surface area contributed by atoms with Crippen molar-refractivity contribution in [1.82, 2.24) is 0 Å². The Balaban J connectivity index is 1.58. The van der Waals surface area contributed by atoms with E-state index in [1.54, 1.807) is 0 Å². The molecule has 1 heterocycles. The maximum atomic E-state index is 12.5. The van der Waals surface area contributed by atoms with Gasteiger partial charge in [-0.05, 0) is 43.4 Å². The number of nitrogens with one attached hydrogen (secondary N) is 1.